The normalized spacial score (nSPS) is 14.6. The maximum absolute atomic E-state index is 12.6. The van der Waals surface area contributed by atoms with Crippen LogP contribution in [0.5, 0.6) is 0 Å². The van der Waals surface area contributed by atoms with Gasteiger partial charge >= 0.3 is 0 Å². The molecule has 1 aliphatic rings. The van der Waals surface area contributed by atoms with Crippen LogP contribution in [0.1, 0.15) is 35.6 Å². The molecule has 140 valence electrons. The van der Waals surface area contributed by atoms with Crippen LogP contribution in [0, 0.1) is 5.92 Å². The minimum atomic E-state index is -0.112. The van der Waals surface area contributed by atoms with E-state index in [-0.39, 0.29) is 24.4 Å². The fourth-order valence-electron chi connectivity index (χ4n) is 3.16. The molecule has 1 atom stereocenters. The summed E-state index contributed by atoms with van der Waals surface area (Å²) >= 11 is 0. The number of hydrogen-bond acceptors (Lipinski definition) is 4. The standard InChI is InChI=1S/C18H29N5O.ClH/c1-5-9-23(10-6-2)16(13(3)4)12-20-18(24)17-14-11-19-8-7-15(14)21-22-17;/h5-6,13,16,19H,1-2,7-12H2,3-4H3,(H,20,24)(H,21,22);1H. The summed E-state index contributed by atoms with van der Waals surface area (Å²) in [5.74, 6) is 0.291. The maximum atomic E-state index is 12.6. The predicted octanol–water partition coefficient (Wildman–Crippen LogP) is 1.91. The Morgan fingerprint density at radius 1 is 1.36 bits per heavy atom. The van der Waals surface area contributed by atoms with Crippen LogP contribution in [0.25, 0.3) is 0 Å². The SMILES string of the molecule is C=CCN(CC=C)C(CNC(=O)c1n[nH]c2c1CNCC2)C(C)C.Cl. The minimum Gasteiger partial charge on any atom is -0.349 e. The smallest absolute Gasteiger partial charge is 0.272 e. The van der Waals surface area contributed by atoms with Gasteiger partial charge in [-0.3, -0.25) is 14.8 Å². The Bertz CT molecular complexity index is 574. The first-order chi connectivity index (χ1) is 11.6. The first-order valence-corrected chi connectivity index (χ1v) is 8.59. The molecule has 0 bridgehead atoms. The number of nitrogens with zero attached hydrogens (tertiary/aromatic N) is 2. The molecule has 0 saturated heterocycles. The molecule has 2 rings (SSSR count). The summed E-state index contributed by atoms with van der Waals surface area (Å²) < 4.78 is 0. The molecule has 1 amide bonds. The number of rotatable bonds is 9. The lowest BCUT2D eigenvalue weighted by Gasteiger charge is -2.33. The summed E-state index contributed by atoms with van der Waals surface area (Å²) in [5, 5.41) is 13.5. The Morgan fingerprint density at radius 3 is 2.64 bits per heavy atom. The highest BCUT2D eigenvalue weighted by Crippen LogP contribution is 2.16. The van der Waals surface area contributed by atoms with Crippen LogP contribution >= 0.6 is 12.4 Å². The van der Waals surface area contributed by atoms with Gasteiger partial charge in [0, 0.05) is 56.4 Å². The van der Waals surface area contributed by atoms with Crippen LogP contribution in [0.15, 0.2) is 25.3 Å². The maximum Gasteiger partial charge on any atom is 0.272 e. The summed E-state index contributed by atoms with van der Waals surface area (Å²) in [4.78, 5) is 14.8. The minimum absolute atomic E-state index is 0. The van der Waals surface area contributed by atoms with Crippen LogP contribution in [-0.2, 0) is 13.0 Å². The van der Waals surface area contributed by atoms with E-state index in [9.17, 15) is 4.79 Å². The molecular formula is C18H30ClN5O. The van der Waals surface area contributed by atoms with E-state index >= 15 is 0 Å². The summed E-state index contributed by atoms with van der Waals surface area (Å²) in [6.45, 7) is 15.7. The monoisotopic (exact) mass is 367 g/mol. The topological polar surface area (TPSA) is 73.0 Å². The molecule has 0 saturated carbocycles. The lowest BCUT2D eigenvalue weighted by atomic mass is 10.0. The molecular weight excluding hydrogens is 338 g/mol. The zero-order valence-electron chi connectivity index (χ0n) is 15.2. The third-order valence-corrected chi connectivity index (χ3v) is 4.46. The second kappa shape index (κ2) is 10.4. The third kappa shape index (κ3) is 5.42. The van der Waals surface area contributed by atoms with Gasteiger partial charge in [0.25, 0.3) is 5.91 Å². The third-order valence-electron chi connectivity index (χ3n) is 4.46. The highest BCUT2D eigenvalue weighted by Gasteiger charge is 2.24. The van der Waals surface area contributed by atoms with Gasteiger partial charge in [-0.15, -0.1) is 25.6 Å². The fraction of sp³-hybridized carbons (Fsp3) is 0.556. The number of nitrogens with one attached hydrogen (secondary N) is 3. The Kier molecular flexibility index (Phi) is 8.89. The molecule has 0 aromatic carbocycles. The van der Waals surface area contributed by atoms with Gasteiger partial charge in [-0.25, -0.2) is 0 Å². The van der Waals surface area contributed by atoms with E-state index in [0.29, 0.717) is 24.7 Å². The van der Waals surface area contributed by atoms with Crippen molar-refractivity contribution in [1.82, 2.24) is 25.7 Å². The van der Waals surface area contributed by atoms with E-state index < -0.39 is 0 Å². The largest absolute Gasteiger partial charge is 0.349 e. The molecule has 2 heterocycles. The molecule has 6 nitrogen and oxygen atoms in total. The number of carbonyl (C=O) groups excluding carboxylic acids is 1. The van der Waals surface area contributed by atoms with Gasteiger partial charge < -0.3 is 10.6 Å². The molecule has 1 unspecified atom stereocenters. The second-order valence-corrected chi connectivity index (χ2v) is 6.51. The van der Waals surface area contributed by atoms with Crippen molar-refractivity contribution in [2.24, 2.45) is 5.92 Å². The second-order valence-electron chi connectivity index (χ2n) is 6.51. The fourth-order valence-corrected chi connectivity index (χ4v) is 3.16. The molecule has 3 N–H and O–H groups in total. The van der Waals surface area contributed by atoms with Crippen LogP contribution in [0.2, 0.25) is 0 Å². The predicted molar refractivity (Wildman–Crippen MR) is 104 cm³/mol. The van der Waals surface area contributed by atoms with Crippen molar-refractivity contribution >= 4 is 18.3 Å². The number of amides is 1. The van der Waals surface area contributed by atoms with Crippen LogP contribution < -0.4 is 10.6 Å². The van der Waals surface area contributed by atoms with Gasteiger partial charge in [0.2, 0.25) is 0 Å². The molecule has 1 aromatic rings. The number of carbonyl (C=O) groups is 1. The van der Waals surface area contributed by atoms with Gasteiger partial charge in [0.1, 0.15) is 0 Å². The van der Waals surface area contributed by atoms with Crippen molar-refractivity contribution in [1.29, 1.82) is 0 Å². The van der Waals surface area contributed by atoms with Crippen molar-refractivity contribution in [2.75, 3.05) is 26.2 Å². The molecule has 0 spiro atoms. The molecule has 1 aliphatic heterocycles. The van der Waals surface area contributed by atoms with E-state index in [1.807, 2.05) is 12.2 Å². The van der Waals surface area contributed by atoms with Crippen LogP contribution in [0.4, 0.5) is 0 Å². The van der Waals surface area contributed by atoms with Crippen molar-refractivity contribution < 1.29 is 4.79 Å². The van der Waals surface area contributed by atoms with Crippen LogP contribution in [-0.4, -0.2) is 53.2 Å². The Morgan fingerprint density at radius 2 is 2.04 bits per heavy atom. The van der Waals surface area contributed by atoms with Gasteiger partial charge in [-0.05, 0) is 5.92 Å². The number of fused-ring (bicyclic) bond motifs is 1. The van der Waals surface area contributed by atoms with Crippen molar-refractivity contribution in [3.63, 3.8) is 0 Å². The zero-order chi connectivity index (χ0) is 17.5. The quantitative estimate of drug-likeness (QED) is 0.583. The number of halogens is 1. The summed E-state index contributed by atoms with van der Waals surface area (Å²) in [7, 11) is 0. The van der Waals surface area contributed by atoms with Crippen molar-refractivity contribution in [2.45, 2.75) is 32.9 Å². The van der Waals surface area contributed by atoms with Crippen LogP contribution in [0.3, 0.4) is 0 Å². The summed E-state index contributed by atoms with van der Waals surface area (Å²) in [6.07, 6.45) is 4.66. The van der Waals surface area contributed by atoms with Gasteiger partial charge in [-0.1, -0.05) is 26.0 Å². The molecule has 7 heteroatoms. The van der Waals surface area contributed by atoms with Gasteiger partial charge in [0.15, 0.2) is 5.69 Å². The molecule has 0 fully saturated rings. The first-order valence-electron chi connectivity index (χ1n) is 8.59. The number of aromatic amines is 1. The number of aromatic nitrogens is 2. The Balaban J connectivity index is 0.00000312. The zero-order valence-corrected chi connectivity index (χ0v) is 16.0. The van der Waals surface area contributed by atoms with E-state index in [2.05, 4.69) is 52.7 Å². The Hall–Kier alpha value is -1.63. The molecule has 0 radical (unpaired) electrons. The Labute approximate surface area is 156 Å². The number of H-pyrrole nitrogens is 1. The van der Waals surface area contributed by atoms with Gasteiger partial charge in [0.05, 0.1) is 0 Å². The van der Waals surface area contributed by atoms with Crippen molar-refractivity contribution in [3.05, 3.63) is 42.3 Å². The van der Waals surface area contributed by atoms with E-state index in [1.165, 1.54) is 0 Å². The molecule has 0 aliphatic carbocycles. The molecule has 25 heavy (non-hydrogen) atoms. The van der Waals surface area contributed by atoms with E-state index in [4.69, 9.17) is 0 Å². The van der Waals surface area contributed by atoms with E-state index in [0.717, 1.165) is 37.3 Å². The van der Waals surface area contributed by atoms with Crippen molar-refractivity contribution in [3.8, 4) is 0 Å². The lowest BCUT2D eigenvalue weighted by molar-refractivity contribution is 0.0920. The van der Waals surface area contributed by atoms with E-state index in [1.54, 1.807) is 0 Å². The summed E-state index contributed by atoms with van der Waals surface area (Å²) in [6, 6.07) is 0.220. The van der Waals surface area contributed by atoms with Gasteiger partial charge in [-0.2, -0.15) is 5.10 Å². The first kappa shape index (κ1) is 21.4. The average Bonchev–Trinajstić information content (AvgIpc) is 2.99. The summed E-state index contributed by atoms with van der Waals surface area (Å²) in [5.41, 5.74) is 2.58. The average molecular weight is 368 g/mol. The number of hydrogen-bond donors (Lipinski definition) is 3. The highest BCUT2D eigenvalue weighted by atomic mass is 35.5. The lowest BCUT2D eigenvalue weighted by Crippen LogP contribution is -2.47. The molecule has 1 aromatic heterocycles. The highest BCUT2D eigenvalue weighted by molar-refractivity contribution is 5.94.